The minimum absolute atomic E-state index is 0.385. The number of aromatic nitrogens is 1. The summed E-state index contributed by atoms with van der Waals surface area (Å²) in [6.07, 6.45) is 1.67. The van der Waals surface area contributed by atoms with Crippen LogP contribution in [0.5, 0.6) is 17.4 Å². The molecule has 0 aliphatic rings. The van der Waals surface area contributed by atoms with E-state index in [0.717, 1.165) is 21.5 Å². The van der Waals surface area contributed by atoms with Gasteiger partial charge >= 0.3 is 0 Å². The Labute approximate surface area is 121 Å². The number of pyridine rings is 1. The molecule has 0 radical (unpaired) electrons. The Morgan fingerprint density at radius 1 is 1.16 bits per heavy atom. The molecule has 0 aliphatic carbocycles. The Bertz CT molecular complexity index is 570. The summed E-state index contributed by atoms with van der Waals surface area (Å²) in [6, 6.07) is 9.60. The Balaban J connectivity index is 2.32. The quantitative estimate of drug-likeness (QED) is 0.812. The van der Waals surface area contributed by atoms with Crippen molar-refractivity contribution in [3.63, 3.8) is 0 Å². The van der Waals surface area contributed by atoms with E-state index in [1.807, 2.05) is 18.2 Å². The SMILES string of the molecule is COc1cc(Oc2ccc(Br)cc2C(C)C)ccn1. The summed E-state index contributed by atoms with van der Waals surface area (Å²) >= 11 is 3.49. The zero-order valence-corrected chi connectivity index (χ0v) is 12.8. The molecule has 0 fully saturated rings. The number of benzene rings is 1. The van der Waals surface area contributed by atoms with Crippen LogP contribution in [-0.2, 0) is 0 Å². The smallest absolute Gasteiger partial charge is 0.216 e. The van der Waals surface area contributed by atoms with Gasteiger partial charge in [-0.3, -0.25) is 0 Å². The van der Waals surface area contributed by atoms with E-state index in [0.29, 0.717) is 11.8 Å². The van der Waals surface area contributed by atoms with Crippen LogP contribution < -0.4 is 9.47 Å². The first-order valence-corrected chi connectivity index (χ1v) is 6.87. The second-order valence-corrected chi connectivity index (χ2v) is 5.39. The lowest BCUT2D eigenvalue weighted by Crippen LogP contribution is -1.95. The van der Waals surface area contributed by atoms with Gasteiger partial charge in [0, 0.05) is 16.7 Å². The van der Waals surface area contributed by atoms with Crippen LogP contribution in [0.25, 0.3) is 0 Å². The lowest BCUT2D eigenvalue weighted by molar-refractivity contribution is 0.392. The van der Waals surface area contributed by atoms with Gasteiger partial charge in [-0.15, -0.1) is 0 Å². The molecule has 4 heteroatoms. The van der Waals surface area contributed by atoms with Crippen molar-refractivity contribution in [1.82, 2.24) is 4.98 Å². The van der Waals surface area contributed by atoms with Crippen LogP contribution in [-0.4, -0.2) is 12.1 Å². The van der Waals surface area contributed by atoms with Crippen molar-refractivity contribution in [3.8, 4) is 17.4 Å². The van der Waals surface area contributed by atoms with Gasteiger partial charge in [-0.1, -0.05) is 29.8 Å². The highest BCUT2D eigenvalue weighted by Gasteiger charge is 2.10. The van der Waals surface area contributed by atoms with Gasteiger partial charge in [0.2, 0.25) is 5.88 Å². The van der Waals surface area contributed by atoms with Crippen molar-refractivity contribution >= 4 is 15.9 Å². The number of halogens is 1. The predicted molar refractivity (Wildman–Crippen MR) is 79.1 cm³/mol. The molecule has 3 nitrogen and oxygen atoms in total. The third-order valence-corrected chi connectivity index (χ3v) is 3.23. The molecule has 0 aliphatic heterocycles. The molecular weight excluding hydrogens is 306 g/mol. The van der Waals surface area contributed by atoms with E-state index in [9.17, 15) is 0 Å². The average Bonchev–Trinajstić information content (AvgIpc) is 2.41. The third-order valence-electron chi connectivity index (χ3n) is 2.74. The first-order chi connectivity index (χ1) is 9.10. The lowest BCUT2D eigenvalue weighted by Gasteiger charge is -2.14. The van der Waals surface area contributed by atoms with Crippen LogP contribution >= 0.6 is 15.9 Å². The van der Waals surface area contributed by atoms with Gasteiger partial charge in [-0.2, -0.15) is 0 Å². The summed E-state index contributed by atoms with van der Waals surface area (Å²) in [5.74, 6) is 2.50. The van der Waals surface area contributed by atoms with E-state index >= 15 is 0 Å². The second-order valence-electron chi connectivity index (χ2n) is 4.47. The molecule has 0 N–H and O–H groups in total. The highest BCUT2D eigenvalue weighted by Crippen LogP contribution is 2.33. The van der Waals surface area contributed by atoms with E-state index in [4.69, 9.17) is 9.47 Å². The van der Waals surface area contributed by atoms with Crippen LogP contribution in [0.15, 0.2) is 41.0 Å². The Morgan fingerprint density at radius 3 is 2.63 bits per heavy atom. The van der Waals surface area contributed by atoms with Crippen LogP contribution in [0.4, 0.5) is 0 Å². The van der Waals surface area contributed by atoms with Crippen LogP contribution in [0.2, 0.25) is 0 Å². The highest BCUT2D eigenvalue weighted by molar-refractivity contribution is 9.10. The summed E-state index contributed by atoms with van der Waals surface area (Å²) in [7, 11) is 1.59. The van der Waals surface area contributed by atoms with E-state index in [1.54, 1.807) is 19.4 Å². The molecule has 100 valence electrons. The Hall–Kier alpha value is -1.55. The van der Waals surface area contributed by atoms with Crippen molar-refractivity contribution < 1.29 is 9.47 Å². The zero-order chi connectivity index (χ0) is 13.8. The second kappa shape index (κ2) is 6.06. The molecule has 0 atom stereocenters. The Morgan fingerprint density at radius 2 is 1.95 bits per heavy atom. The summed E-state index contributed by atoms with van der Waals surface area (Å²) in [5.41, 5.74) is 1.16. The molecule has 1 heterocycles. The Kier molecular flexibility index (Phi) is 4.43. The van der Waals surface area contributed by atoms with Gasteiger partial charge in [0.05, 0.1) is 7.11 Å². The van der Waals surface area contributed by atoms with Crippen molar-refractivity contribution in [2.45, 2.75) is 19.8 Å². The molecule has 0 unspecified atom stereocenters. The summed E-state index contributed by atoms with van der Waals surface area (Å²) < 4.78 is 12.1. The fourth-order valence-corrected chi connectivity index (χ4v) is 2.14. The number of methoxy groups -OCH3 is 1. The molecule has 0 bridgehead atoms. The fourth-order valence-electron chi connectivity index (χ4n) is 1.76. The number of rotatable bonds is 4. The largest absolute Gasteiger partial charge is 0.481 e. The maximum atomic E-state index is 5.93. The monoisotopic (exact) mass is 321 g/mol. The number of hydrogen-bond donors (Lipinski definition) is 0. The first-order valence-electron chi connectivity index (χ1n) is 6.07. The normalized spacial score (nSPS) is 10.6. The van der Waals surface area contributed by atoms with E-state index in [-0.39, 0.29) is 0 Å². The van der Waals surface area contributed by atoms with E-state index in [1.165, 1.54) is 0 Å². The molecular formula is C15H16BrNO2. The molecule has 0 amide bonds. The van der Waals surface area contributed by atoms with Crippen LogP contribution in [0, 0.1) is 0 Å². The van der Waals surface area contributed by atoms with Crippen LogP contribution in [0.1, 0.15) is 25.3 Å². The maximum Gasteiger partial charge on any atom is 0.216 e. The number of hydrogen-bond acceptors (Lipinski definition) is 3. The molecule has 19 heavy (non-hydrogen) atoms. The molecule has 0 spiro atoms. The van der Waals surface area contributed by atoms with Gasteiger partial charge in [0.25, 0.3) is 0 Å². The van der Waals surface area contributed by atoms with Crippen molar-refractivity contribution in [2.75, 3.05) is 7.11 Å². The summed E-state index contributed by atoms with van der Waals surface area (Å²) in [6.45, 7) is 4.28. The highest BCUT2D eigenvalue weighted by atomic mass is 79.9. The minimum Gasteiger partial charge on any atom is -0.481 e. The molecule has 0 saturated carbocycles. The van der Waals surface area contributed by atoms with E-state index < -0.39 is 0 Å². The number of ether oxygens (including phenoxy) is 2. The molecule has 0 saturated heterocycles. The molecule has 2 aromatic rings. The maximum absolute atomic E-state index is 5.93. The van der Waals surface area contributed by atoms with Gasteiger partial charge in [0.1, 0.15) is 11.5 Å². The first kappa shape index (κ1) is 13.9. The summed E-state index contributed by atoms with van der Waals surface area (Å²) in [5, 5.41) is 0. The fraction of sp³-hybridized carbons (Fsp3) is 0.267. The topological polar surface area (TPSA) is 31.4 Å². The molecule has 1 aromatic heterocycles. The summed E-state index contributed by atoms with van der Waals surface area (Å²) in [4.78, 5) is 4.06. The zero-order valence-electron chi connectivity index (χ0n) is 11.2. The van der Waals surface area contributed by atoms with Gasteiger partial charge < -0.3 is 9.47 Å². The molecule has 1 aromatic carbocycles. The van der Waals surface area contributed by atoms with Gasteiger partial charge in [-0.05, 0) is 35.7 Å². The molecule has 2 rings (SSSR count). The van der Waals surface area contributed by atoms with E-state index in [2.05, 4.69) is 40.8 Å². The lowest BCUT2D eigenvalue weighted by atomic mass is 10.0. The number of nitrogens with zero attached hydrogens (tertiary/aromatic N) is 1. The predicted octanol–water partition coefficient (Wildman–Crippen LogP) is 4.77. The van der Waals surface area contributed by atoms with Gasteiger partial charge in [-0.25, -0.2) is 4.98 Å². The third kappa shape index (κ3) is 3.47. The average molecular weight is 322 g/mol. The van der Waals surface area contributed by atoms with Gasteiger partial charge in [0.15, 0.2) is 0 Å². The minimum atomic E-state index is 0.385. The van der Waals surface area contributed by atoms with Crippen molar-refractivity contribution in [1.29, 1.82) is 0 Å². The standard InChI is InChI=1S/C15H16BrNO2/c1-10(2)13-8-11(16)4-5-14(13)19-12-6-7-17-15(9-12)18-3/h4-10H,1-3H3. The van der Waals surface area contributed by atoms with Crippen molar-refractivity contribution in [3.05, 3.63) is 46.6 Å². The van der Waals surface area contributed by atoms with Crippen LogP contribution in [0.3, 0.4) is 0 Å². The van der Waals surface area contributed by atoms with Crippen molar-refractivity contribution in [2.24, 2.45) is 0 Å².